The molecule has 5 heterocycles. The Balaban J connectivity index is 1.63. The zero-order chi connectivity index (χ0) is 19.6. The molecule has 2 atom stereocenters. The van der Waals surface area contributed by atoms with Crippen molar-refractivity contribution in [2.45, 2.75) is 50.4 Å². The van der Waals surface area contributed by atoms with Gasteiger partial charge in [0.1, 0.15) is 35.0 Å². The quantitative estimate of drug-likeness (QED) is 0.708. The van der Waals surface area contributed by atoms with Gasteiger partial charge < -0.3 is 21.3 Å². The number of anilines is 3. The summed E-state index contributed by atoms with van der Waals surface area (Å²) in [4.78, 5) is 36.6. The molecule has 146 valence electrons. The van der Waals surface area contributed by atoms with Crippen molar-refractivity contribution in [1.82, 2.24) is 24.8 Å². The molecule has 2 aromatic rings. The fraction of sp³-hybridized carbons (Fsp3) is 0.474. The standard InChI is InChI=1S/C19H23N7O2/c1-10-5-13(23-15-6-14(20)21-9-22-15)18(28)26-16(10)17(27)24-19(26)7-11-3-4-12(8-19)25(11)2/h5-6,9,11-12H,3-4,7-8H2,1-2H3,(H,24,27)(H3,20,21,22,23). The van der Waals surface area contributed by atoms with Gasteiger partial charge in [-0.2, -0.15) is 0 Å². The van der Waals surface area contributed by atoms with Gasteiger partial charge in [0.2, 0.25) is 0 Å². The van der Waals surface area contributed by atoms with Gasteiger partial charge in [0.15, 0.2) is 0 Å². The Morgan fingerprint density at radius 3 is 2.61 bits per heavy atom. The molecule has 28 heavy (non-hydrogen) atoms. The molecule has 3 aliphatic heterocycles. The van der Waals surface area contributed by atoms with E-state index in [1.807, 2.05) is 6.92 Å². The Morgan fingerprint density at radius 1 is 1.21 bits per heavy atom. The van der Waals surface area contributed by atoms with Crippen LogP contribution in [-0.4, -0.2) is 44.5 Å². The predicted octanol–water partition coefficient (Wildman–Crippen LogP) is 0.925. The number of rotatable bonds is 2. The van der Waals surface area contributed by atoms with Crippen LogP contribution in [0.1, 0.15) is 41.7 Å². The Morgan fingerprint density at radius 2 is 1.93 bits per heavy atom. The molecule has 2 bridgehead atoms. The van der Waals surface area contributed by atoms with E-state index in [4.69, 9.17) is 5.73 Å². The summed E-state index contributed by atoms with van der Waals surface area (Å²) in [7, 11) is 2.14. The van der Waals surface area contributed by atoms with Gasteiger partial charge >= 0.3 is 0 Å². The fourth-order valence-corrected chi connectivity index (χ4v) is 5.16. The number of amides is 1. The Kier molecular flexibility index (Phi) is 3.54. The summed E-state index contributed by atoms with van der Waals surface area (Å²) < 4.78 is 1.69. The highest BCUT2D eigenvalue weighted by atomic mass is 16.2. The van der Waals surface area contributed by atoms with Gasteiger partial charge in [-0.05, 0) is 38.4 Å². The first-order chi connectivity index (χ1) is 13.4. The maximum atomic E-state index is 13.5. The van der Waals surface area contributed by atoms with E-state index in [9.17, 15) is 9.59 Å². The second-order valence-corrected chi connectivity index (χ2v) is 8.13. The van der Waals surface area contributed by atoms with Crippen molar-refractivity contribution >= 4 is 23.2 Å². The lowest BCUT2D eigenvalue weighted by Crippen LogP contribution is -2.57. The van der Waals surface area contributed by atoms with Crippen LogP contribution in [0.3, 0.4) is 0 Å². The molecule has 1 amide bonds. The van der Waals surface area contributed by atoms with Crippen LogP contribution < -0.4 is 21.9 Å². The minimum absolute atomic E-state index is 0.170. The molecule has 3 aliphatic rings. The molecule has 5 rings (SSSR count). The van der Waals surface area contributed by atoms with Crippen molar-refractivity contribution in [2.24, 2.45) is 0 Å². The highest BCUT2D eigenvalue weighted by Gasteiger charge is 2.53. The zero-order valence-corrected chi connectivity index (χ0v) is 15.9. The summed E-state index contributed by atoms with van der Waals surface area (Å²) in [6.45, 7) is 1.85. The first-order valence-electron chi connectivity index (χ1n) is 9.54. The number of fused-ring (bicyclic) bond motifs is 4. The topological polar surface area (TPSA) is 118 Å². The molecular weight excluding hydrogens is 358 g/mol. The summed E-state index contributed by atoms with van der Waals surface area (Å²) >= 11 is 0. The SMILES string of the molecule is Cc1cc(Nc2cc(N)ncn2)c(=O)n2c1C(=O)NC21CC2CCC(C1)N2C. The summed E-state index contributed by atoms with van der Waals surface area (Å²) in [6.07, 6.45) is 5.01. The van der Waals surface area contributed by atoms with Crippen molar-refractivity contribution in [1.29, 1.82) is 0 Å². The Hall–Kier alpha value is -2.94. The molecule has 0 aromatic carbocycles. The average molecular weight is 381 g/mol. The van der Waals surface area contributed by atoms with Crippen LogP contribution in [0.15, 0.2) is 23.3 Å². The van der Waals surface area contributed by atoms with E-state index in [-0.39, 0.29) is 11.5 Å². The van der Waals surface area contributed by atoms with E-state index >= 15 is 0 Å². The van der Waals surface area contributed by atoms with Crippen molar-refractivity contribution in [3.63, 3.8) is 0 Å². The zero-order valence-electron chi connectivity index (χ0n) is 15.9. The van der Waals surface area contributed by atoms with Crippen molar-refractivity contribution in [3.05, 3.63) is 40.1 Å². The third-order valence-corrected chi connectivity index (χ3v) is 6.46. The number of aromatic nitrogens is 3. The van der Waals surface area contributed by atoms with Gasteiger partial charge in [0, 0.05) is 31.0 Å². The molecule has 9 heteroatoms. The lowest BCUT2D eigenvalue weighted by molar-refractivity contribution is 0.0495. The predicted molar refractivity (Wildman–Crippen MR) is 104 cm³/mol. The number of nitrogens with two attached hydrogens (primary N) is 1. The smallest absolute Gasteiger partial charge is 0.276 e. The number of piperidine rings is 1. The van der Waals surface area contributed by atoms with Crippen LogP contribution in [0.2, 0.25) is 0 Å². The molecule has 9 nitrogen and oxygen atoms in total. The van der Waals surface area contributed by atoms with Crippen molar-refractivity contribution < 1.29 is 4.79 Å². The first-order valence-corrected chi connectivity index (χ1v) is 9.54. The number of hydrogen-bond donors (Lipinski definition) is 3. The number of nitrogens with zero attached hydrogens (tertiary/aromatic N) is 4. The van der Waals surface area contributed by atoms with E-state index in [0.717, 1.165) is 31.2 Å². The highest BCUT2D eigenvalue weighted by Crippen LogP contribution is 2.44. The van der Waals surface area contributed by atoms with Gasteiger partial charge in [0.05, 0.1) is 0 Å². The molecule has 4 N–H and O–H groups in total. The number of nitrogen functional groups attached to an aromatic ring is 1. The normalized spacial score (nSPS) is 28.4. The number of aryl methyl sites for hydroxylation is 1. The molecule has 2 aromatic heterocycles. The van der Waals surface area contributed by atoms with Crippen molar-refractivity contribution in [2.75, 3.05) is 18.1 Å². The number of hydrogen-bond acceptors (Lipinski definition) is 7. The van der Waals surface area contributed by atoms with Gasteiger partial charge in [-0.15, -0.1) is 0 Å². The number of pyridine rings is 1. The molecule has 2 saturated heterocycles. The molecule has 0 aliphatic carbocycles. The molecule has 1 spiro atoms. The summed E-state index contributed by atoms with van der Waals surface area (Å²) in [5.41, 5.74) is 6.43. The van der Waals surface area contributed by atoms with Crippen molar-refractivity contribution in [3.8, 4) is 0 Å². The minimum atomic E-state index is -0.658. The van der Waals surface area contributed by atoms with Crippen LogP contribution >= 0.6 is 0 Å². The van der Waals surface area contributed by atoms with E-state index < -0.39 is 5.66 Å². The minimum Gasteiger partial charge on any atom is -0.384 e. The molecule has 0 saturated carbocycles. The number of carbonyl (C=O) groups excluding carboxylic acids is 1. The lowest BCUT2D eigenvalue weighted by atomic mass is 9.91. The van der Waals surface area contributed by atoms with Crippen LogP contribution in [0.25, 0.3) is 0 Å². The van der Waals surface area contributed by atoms with Crippen LogP contribution in [0.4, 0.5) is 17.3 Å². The highest BCUT2D eigenvalue weighted by molar-refractivity contribution is 5.97. The summed E-state index contributed by atoms with van der Waals surface area (Å²) in [5.74, 6) is 0.589. The third-order valence-electron chi connectivity index (χ3n) is 6.46. The second kappa shape index (κ2) is 5.78. The average Bonchev–Trinajstić information content (AvgIpc) is 3.02. The van der Waals surface area contributed by atoms with E-state index in [1.165, 1.54) is 6.33 Å². The molecule has 2 fully saturated rings. The molecule has 0 radical (unpaired) electrons. The summed E-state index contributed by atoms with van der Waals surface area (Å²) in [5, 5.41) is 6.22. The third kappa shape index (κ3) is 2.35. The second-order valence-electron chi connectivity index (χ2n) is 8.13. The van der Waals surface area contributed by atoms with Gasteiger partial charge in [-0.25, -0.2) is 9.97 Å². The van der Waals surface area contributed by atoms with Gasteiger partial charge in [-0.1, -0.05) is 0 Å². The van der Waals surface area contributed by atoms with Gasteiger partial charge in [0.25, 0.3) is 11.5 Å². The van der Waals surface area contributed by atoms with Crippen LogP contribution in [0.5, 0.6) is 0 Å². The summed E-state index contributed by atoms with van der Waals surface area (Å²) in [6, 6.07) is 4.02. The van der Waals surface area contributed by atoms with Crippen LogP contribution in [-0.2, 0) is 5.66 Å². The maximum absolute atomic E-state index is 13.5. The largest absolute Gasteiger partial charge is 0.384 e. The Labute approximate surface area is 162 Å². The molecule has 2 unspecified atom stereocenters. The van der Waals surface area contributed by atoms with E-state index in [0.29, 0.717) is 35.1 Å². The fourth-order valence-electron chi connectivity index (χ4n) is 5.16. The van der Waals surface area contributed by atoms with E-state index in [1.54, 1.807) is 16.7 Å². The number of carbonyl (C=O) groups is 1. The van der Waals surface area contributed by atoms with E-state index in [2.05, 4.69) is 32.5 Å². The first kappa shape index (κ1) is 17.2. The van der Waals surface area contributed by atoms with Gasteiger partial charge in [-0.3, -0.25) is 14.2 Å². The monoisotopic (exact) mass is 381 g/mol. The molecular formula is C19H23N7O2. The number of nitrogens with one attached hydrogen (secondary N) is 2. The van der Waals surface area contributed by atoms with Crippen LogP contribution in [0, 0.1) is 6.92 Å². The maximum Gasteiger partial charge on any atom is 0.276 e. The lowest BCUT2D eigenvalue weighted by Gasteiger charge is -2.44. The Bertz CT molecular complexity index is 1030.